The summed E-state index contributed by atoms with van der Waals surface area (Å²) in [6.07, 6.45) is 0. The molecule has 1 N–H and O–H groups in total. The Labute approximate surface area is 123 Å². The number of aryl methyl sites for hydroxylation is 1. The molecule has 98 valence electrons. The summed E-state index contributed by atoms with van der Waals surface area (Å²) in [5, 5.41) is 2.94. The Bertz CT molecular complexity index is 645. The van der Waals surface area contributed by atoms with Gasteiger partial charge in [0.1, 0.15) is 5.82 Å². The van der Waals surface area contributed by atoms with Crippen molar-refractivity contribution >= 4 is 39.1 Å². The summed E-state index contributed by atoms with van der Waals surface area (Å²) < 4.78 is 14.0. The summed E-state index contributed by atoms with van der Waals surface area (Å²) in [7, 11) is 0. The van der Waals surface area contributed by atoms with E-state index < -0.39 is 0 Å². The summed E-state index contributed by atoms with van der Waals surface area (Å²) in [5.41, 5.74) is 1.25. The zero-order chi connectivity index (χ0) is 14.0. The van der Waals surface area contributed by atoms with Crippen LogP contribution in [-0.2, 0) is 0 Å². The molecule has 0 heterocycles. The third kappa shape index (κ3) is 3.14. The Balaban J connectivity index is 2.26. The highest BCUT2D eigenvalue weighted by Crippen LogP contribution is 2.26. The van der Waals surface area contributed by atoms with Crippen LogP contribution >= 0.6 is 27.5 Å². The van der Waals surface area contributed by atoms with Gasteiger partial charge in [-0.05, 0) is 52.7 Å². The Morgan fingerprint density at radius 2 is 2.05 bits per heavy atom. The van der Waals surface area contributed by atoms with Gasteiger partial charge in [-0.3, -0.25) is 4.79 Å². The third-order valence-corrected chi connectivity index (χ3v) is 3.92. The lowest BCUT2D eigenvalue weighted by atomic mass is 10.2. The quantitative estimate of drug-likeness (QED) is 0.834. The molecule has 0 aromatic heterocycles. The van der Waals surface area contributed by atoms with E-state index in [0.29, 0.717) is 26.3 Å². The van der Waals surface area contributed by atoms with Crippen LogP contribution in [0.25, 0.3) is 0 Å². The number of hydrogen-bond donors (Lipinski definition) is 1. The number of amides is 1. The molecule has 2 nitrogen and oxygen atoms in total. The van der Waals surface area contributed by atoms with Gasteiger partial charge in [-0.1, -0.05) is 23.7 Å². The van der Waals surface area contributed by atoms with Gasteiger partial charge in [-0.25, -0.2) is 4.39 Å². The van der Waals surface area contributed by atoms with Crippen molar-refractivity contribution in [3.05, 3.63) is 62.8 Å². The monoisotopic (exact) mass is 341 g/mol. The molecule has 0 saturated carbocycles. The minimum atomic E-state index is -0.380. The van der Waals surface area contributed by atoms with E-state index in [2.05, 4.69) is 21.2 Å². The Kier molecular flexibility index (Phi) is 4.22. The molecule has 2 aromatic carbocycles. The second-order valence-corrected chi connectivity index (χ2v) is 5.25. The van der Waals surface area contributed by atoms with Crippen molar-refractivity contribution in [1.29, 1.82) is 0 Å². The molecule has 19 heavy (non-hydrogen) atoms. The lowest BCUT2D eigenvalue weighted by Crippen LogP contribution is -2.12. The van der Waals surface area contributed by atoms with Crippen LogP contribution in [0, 0.1) is 12.7 Å². The Morgan fingerprint density at radius 3 is 2.74 bits per heavy atom. The fourth-order valence-corrected chi connectivity index (χ4v) is 2.13. The van der Waals surface area contributed by atoms with Crippen LogP contribution in [-0.4, -0.2) is 5.91 Å². The standard InChI is InChI=1S/C14H10BrClFNO/c1-8-5-6-9(7-12(8)17)18-14(19)10-3-2-4-11(15)13(10)16/h2-7H,1H3,(H,18,19). The predicted octanol–water partition coefficient (Wildman–Crippen LogP) is 4.80. The molecule has 0 bridgehead atoms. The van der Waals surface area contributed by atoms with Crippen molar-refractivity contribution in [2.45, 2.75) is 6.92 Å². The number of halogens is 3. The predicted molar refractivity (Wildman–Crippen MR) is 78.2 cm³/mol. The molecule has 2 aromatic rings. The van der Waals surface area contributed by atoms with Crippen LogP contribution in [0.15, 0.2) is 40.9 Å². The molecule has 0 aliphatic rings. The van der Waals surface area contributed by atoms with Crippen LogP contribution in [0.3, 0.4) is 0 Å². The molecule has 2 rings (SSSR count). The maximum Gasteiger partial charge on any atom is 0.257 e. The second-order valence-electron chi connectivity index (χ2n) is 4.02. The SMILES string of the molecule is Cc1ccc(NC(=O)c2cccc(Br)c2Cl)cc1F. The van der Waals surface area contributed by atoms with Gasteiger partial charge in [-0.2, -0.15) is 0 Å². The molecular weight excluding hydrogens is 333 g/mol. The maximum absolute atomic E-state index is 13.4. The van der Waals surface area contributed by atoms with E-state index in [4.69, 9.17) is 11.6 Å². The van der Waals surface area contributed by atoms with Crippen LogP contribution in [0.4, 0.5) is 10.1 Å². The third-order valence-electron chi connectivity index (χ3n) is 2.63. The Morgan fingerprint density at radius 1 is 1.32 bits per heavy atom. The lowest BCUT2D eigenvalue weighted by molar-refractivity contribution is 0.102. The van der Waals surface area contributed by atoms with Crippen LogP contribution in [0.2, 0.25) is 5.02 Å². The molecule has 0 unspecified atom stereocenters. The van der Waals surface area contributed by atoms with Gasteiger partial charge in [-0.15, -0.1) is 0 Å². The zero-order valence-corrected chi connectivity index (χ0v) is 12.3. The first kappa shape index (κ1) is 14.0. The van der Waals surface area contributed by atoms with Gasteiger partial charge in [0.2, 0.25) is 0 Å². The van der Waals surface area contributed by atoms with Crippen molar-refractivity contribution < 1.29 is 9.18 Å². The van der Waals surface area contributed by atoms with E-state index in [1.807, 2.05) is 0 Å². The molecule has 0 aliphatic heterocycles. The minimum Gasteiger partial charge on any atom is -0.322 e. The zero-order valence-electron chi connectivity index (χ0n) is 10.0. The molecule has 0 spiro atoms. The molecule has 1 amide bonds. The van der Waals surface area contributed by atoms with Crippen molar-refractivity contribution in [3.63, 3.8) is 0 Å². The van der Waals surface area contributed by atoms with Gasteiger partial charge in [0.05, 0.1) is 10.6 Å². The van der Waals surface area contributed by atoms with E-state index in [1.165, 1.54) is 6.07 Å². The van der Waals surface area contributed by atoms with Crippen molar-refractivity contribution in [1.82, 2.24) is 0 Å². The first-order valence-electron chi connectivity index (χ1n) is 5.50. The van der Waals surface area contributed by atoms with E-state index in [9.17, 15) is 9.18 Å². The summed E-state index contributed by atoms with van der Waals surface area (Å²) in [6.45, 7) is 1.66. The van der Waals surface area contributed by atoms with Gasteiger partial charge in [0.15, 0.2) is 0 Å². The van der Waals surface area contributed by atoms with Crippen LogP contribution < -0.4 is 5.32 Å². The number of hydrogen-bond acceptors (Lipinski definition) is 1. The normalized spacial score (nSPS) is 10.3. The minimum absolute atomic E-state index is 0.326. The second kappa shape index (κ2) is 5.72. The van der Waals surface area contributed by atoms with Gasteiger partial charge < -0.3 is 5.32 Å². The van der Waals surface area contributed by atoms with E-state index in [1.54, 1.807) is 37.3 Å². The highest BCUT2D eigenvalue weighted by atomic mass is 79.9. The summed E-state index contributed by atoms with van der Waals surface area (Å²) >= 11 is 9.28. The van der Waals surface area contributed by atoms with Gasteiger partial charge in [0, 0.05) is 10.2 Å². The number of rotatable bonds is 2. The molecule has 0 aliphatic carbocycles. The van der Waals surface area contributed by atoms with Crippen molar-refractivity contribution in [2.75, 3.05) is 5.32 Å². The van der Waals surface area contributed by atoms with E-state index in [0.717, 1.165) is 0 Å². The first-order chi connectivity index (χ1) is 8.99. The molecular formula is C14H10BrClFNO. The molecule has 0 atom stereocenters. The van der Waals surface area contributed by atoms with Crippen molar-refractivity contribution in [3.8, 4) is 0 Å². The average molecular weight is 343 g/mol. The summed E-state index contributed by atoms with van der Waals surface area (Å²) in [5.74, 6) is -0.743. The highest BCUT2D eigenvalue weighted by molar-refractivity contribution is 9.10. The van der Waals surface area contributed by atoms with Crippen LogP contribution in [0.5, 0.6) is 0 Å². The number of carbonyl (C=O) groups excluding carboxylic acids is 1. The Hall–Kier alpha value is -1.39. The van der Waals surface area contributed by atoms with E-state index >= 15 is 0 Å². The highest BCUT2D eigenvalue weighted by Gasteiger charge is 2.13. The fraction of sp³-hybridized carbons (Fsp3) is 0.0714. The van der Waals surface area contributed by atoms with E-state index in [-0.39, 0.29) is 11.7 Å². The number of carbonyl (C=O) groups is 1. The van der Waals surface area contributed by atoms with Crippen LogP contribution in [0.1, 0.15) is 15.9 Å². The van der Waals surface area contributed by atoms with Gasteiger partial charge in [0.25, 0.3) is 5.91 Å². The van der Waals surface area contributed by atoms with Gasteiger partial charge >= 0.3 is 0 Å². The summed E-state index contributed by atoms with van der Waals surface area (Å²) in [4.78, 5) is 12.0. The average Bonchev–Trinajstić information content (AvgIpc) is 2.37. The number of anilines is 1. The molecule has 0 saturated heterocycles. The lowest BCUT2D eigenvalue weighted by Gasteiger charge is -2.08. The van der Waals surface area contributed by atoms with Crippen molar-refractivity contribution in [2.24, 2.45) is 0 Å². The number of nitrogens with one attached hydrogen (secondary N) is 1. The maximum atomic E-state index is 13.4. The molecule has 0 fully saturated rings. The first-order valence-corrected chi connectivity index (χ1v) is 6.67. The number of benzene rings is 2. The fourth-order valence-electron chi connectivity index (χ4n) is 1.55. The largest absolute Gasteiger partial charge is 0.322 e. The molecule has 0 radical (unpaired) electrons. The summed E-state index contributed by atoms with van der Waals surface area (Å²) in [6, 6.07) is 9.58. The topological polar surface area (TPSA) is 29.1 Å². The smallest absolute Gasteiger partial charge is 0.257 e. The molecule has 5 heteroatoms.